The molecule has 0 saturated carbocycles. The van der Waals surface area contributed by atoms with Gasteiger partial charge < -0.3 is 5.32 Å². The van der Waals surface area contributed by atoms with E-state index in [9.17, 15) is 4.39 Å². The summed E-state index contributed by atoms with van der Waals surface area (Å²) in [6, 6.07) is 5.60. The SMILES string of the molecule is CC1CNC(C)(C)CN1Cc1cccc(Cl)c1F. The first-order valence-electron chi connectivity index (χ1n) is 6.31. The summed E-state index contributed by atoms with van der Waals surface area (Å²) in [5.41, 5.74) is 0.744. The lowest BCUT2D eigenvalue weighted by molar-refractivity contribution is 0.0966. The number of nitrogens with zero attached hydrogens (tertiary/aromatic N) is 1. The van der Waals surface area contributed by atoms with Crippen LogP contribution in [0.1, 0.15) is 26.3 Å². The van der Waals surface area contributed by atoms with Gasteiger partial charge >= 0.3 is 0 Å². The zero-order valence-electron chi connectivity index (χ0n) is 11.1. The molecule has 1 saturated heterocycles. The summed E-state index contributed by atoms with van der Waals surface area (Å²) in [4.78, 5) is 2.30. The molecule has 1 aliphatic rings. The first-order chi connectivity index (χ1) is 8.39. The molecule has 1 aromatic carbocycles. The van der Waals surface area contributed by atoms with Gasteiger partial charge in [-0.05, 0) is 26.8 Å². The fourth-order valence-electron chi connectivity index (χ4n) is 2.37. The van der Waals surface area contributed by atoms with Gasteiger partial charge in [-0.2, -0.15) is 0 Å². The third-order valence-corrected chi connectivity index (χ3v) is 3.79. The molecular formula is C14H20ClFN2. The van der Waals surface area contributed by atoms with Gasteiger partial charge in [0, 0.05) is 36.8 Å². The van der Waals surface area contributed by atoms with Crippen molar-refractivity contribution in [2.45, 2.75) is 38.9 Å². The number of halogens is 2. The third kappa shape index (κ3) is 3.02. The van der Waals surface area contributed by atoms with Crippen LogP contribution >= 0.6 is 11.6 Å². The maximum absolute atomic E-state index is 13.9. The smallest absolute Gasteiger partial charge is 0.146 e. The maximum atomic E-state index is 13.9. The summed E-state index contributed by atoms with van der Waals surface area (Å²) in [5.74, 6) is -0.289. The van der Waals surface area contributed by atoms with E-state index in [1.807, 2.05) is 6.07 Å². The minimum absolute atomic E-state index is 0.0710. The first kappa shape index (κ1) is 13.8. The number of hydrogen-bond acceptors (Lipinski definition) is 2. The summed E-state index contributed by atoms with van der Waals surface area (Å²) in [7, 11) is 0. The predicted octanol–water partition coefficient (Wildman–Crippen LogP) is 3.05. The maximum Gasteiger partial charge on any atom is 0.146 e. The van der Waals surface area contributed by atoms with Crippen molar-refractivity contribution in [3.8, 4) is 0 Å². The van der Waals surface area contributed by atoms with Crippen molar-refractivity contribution in [1.82, 2.24) is 10.2 Å². The average molecular weight is 271 g/mol. The summed E-state index contributed by atoms with van der Waals surface area (Å²) < 4.78 is 13.9. The predicted molar refractivity (Wildman–Crippen MR) is 73.4 cm³/mol. The molecule has 0 aromatic heterocycles. The summed E-state index contributed by atoms with van der Waals surface area (Å²) in [6.07, 6.45) is 0. The van der Waals surface area contributed by atoms with Crippen LogP contribution in [-0.4, -0.2) is 29.6 Å². The largest absolute Gasteiger partial charge is 0.309 e. The highest BCUT2D eigenvalue weighted by Crippen LogP contribution is 2.22. The quantitative estimate of drug-likeness (QED) is 0.889. The van der Waals surface area contributed by atoms with E-state index in [1.54, 1.807) is 12.1 Å². The number of nitrogens with one attached hydrogen (secondary N) is 1. The van der Waals surface area contributed by atoms with Gasteiger partial charge in [-0.15, -0.1) is 0 Å². The van der Waals surface area contributed by atoms with Crippen molar-refractivity contribution in [2.75, 3.05) is 13.1 Å². The lowest BCUT2D eigenvalue weighted by atomic mass is 9.98. The van der Waals surface area contributed by atoms with Gasteiger partial charge in [0.1, 0.15) is 5.82 Å². The van der Waals surface area contributed by atoms with Crippen LogP contribution in [0.5, 0.6) is 0 Å². The number of benzene rings is 1. The van der Waals surface area contributed by atoms with E-state index in [2.05, 4.69) is 31.0 Å². The molecule has 0 radical (unpaired) electrons. The molecule has 0 bridgehead atoms. The molecule has 0 amide bonds. The Bertz CT molecular complexity index is 434. The Morgan fingerprint density at radius 2 is 2.22 bits per heavy atom. The molecule has 1 heterocycles. The summed E-state index contributed by atoms with van der Waals surface area (Å²) >= 11 is 5.82. The minimum Gasteiger partial charge on any atom is -0.309 e. The van der Waals surface area contributed by atoms with E-state index in [0.29, 0.717) is 18.2 Å². The number of piperazine rings is 1. The molecule has 4 heteroatoms. The van der Waals surface area contributed by atoms with Crippen LogP contribution in [0.4, 0.5) is 4.39 Å². The van der Waals surface area contributed by atoms with Crippen molar-refractivity contribution < 1.29 is 4.39 Å². The highest BCUT2D eigenvalue weighted by atomic mass is 35.5. The molecule has 1 unspecified atom stereocenters. The lowest BCUT2D eigenvalue weighted by Gasteiger charge is -2.43. The summed E-state index contributed by atoms with van der Waals surface area (Å²) in [6.45, 7) is 8.93. The Morgan fingerprint density at radius 3 is 2.94 bits per heavy atom. The standard InChI is InChI=1S/C14H20ClFN2/c1-10-7-17-14(2,3)9-18(10)8-11-5-4-6-12(15)13(11)16/h4-6,10,17H,7-9H2,1-3H3. The Balaban J connectivity index is 2.15. The van der Waals surface area contributed by atoms with Crippen molar-refractivity contribution in [3.63, 3.8) is 0 Å². The van der Waals surface area contributed by atoms with Crippen molar-refractivity contribution >= 4 is 11.6 Å². The van der Waals surface area contributed by atoms with Crippen LogP contribution in [0.3, 0.4) is 0 Å². The van der Waals surface area contributed by atoms with E-state index in [-0.39, 0.29) is 16.4 Å². The van der Waals surface area contributed by atoms with E-state index in [0.717, 1.165) is 13.1 Å². The van der Waals surface area contributed by atoms with Gasteiger partial charge in [-0.3, -0.25) is 4.90 Å². The topological polar surface area (TPSA) is 15.3 Å². The highest BCUT2D eigenvalue weighted by Gasteiger charge is 2.30. The first-order valence-corrected chi connectivity index (χ1v) is 6.69. The van der Waals surface area contributed by atoms with Gasteiger partial charge in [0.2, 0.25) is 0 Å². The molecule has 1 atom stereocenters. The molecule has 1 aliphatic heterocycles. The van der Waals surface area contributed by atoms with Gasteiger partial charge in [-0.25, -0.2) is 4.39 Å². The van der Waals surface area contributed by atoms with E-state index >= 15 is 0 Å². The molecule has 1 N–H and O–H groups in total. The Hall–Kier alpha value is -0.640. The van der Waals surface area contributed by atoms with E-state index < -0.39 is 0 Å². The molecule has 2 rings (SSSR count). The number of hydrogen-bond donors (Lipinski definition) is 1. The van der Waals surface area contributed by atoms with Crippen LogP contribution in [0.25, 0.3) is 0 Å². The zero-order valence-corrected chi connectivity index (χ0v) is 11.9. The van der Waals surface area contributed by atoms with Gasteiger partial charge in [-0.1, -0.05) is 23.7 Å². The molecule has 2 nitrogen and oxygen atoms in total. The molecule has 100 valence electrons. The second-order valence-corrected chi connectivity index (χ2v) is 6.14. The van der Waals surface area contributed by atoms with Gasteiger partial charge in [0.05, 0.1) is 5.02 Å². The Morgan fingerprint density at radius 1 is 1.50 bits per heavy atom. The molecule has 1 aromatic rings. The van der Waals surface area contributed by atoms with Crippen molar-refractivity contribution in [2.24, 2.45) is 0 Å². The lowest BCUT2D eigenvalue weighted by Crippen LogP contribution is -2.60. The second kappa shape index (κ2) is 5.16. The Labute approximate surface area is 113 Å². The zero-order chi connectivity index (χ0) is 13.3. The van der Waals surface area contributed by atoms with Crippen LogP contribution in [-0.2, 0) is 6.54 Å². The summed E-state index contributed by atoms with van der Waals surface area (Å²) in [5, 5.41) is 3.69. The van der Waals surface area contributed by atoms with Crippen LogP contribution in [0.2, 0.25) is 5.02 Å². The number of rotatable bonds is 2. The molecule has 18 heavy (non-hydrogen) atoms. The van der Waals surface area contributed by atoms with Crippen LogP contribution in [0.15, 0.2) is 18.2 Å². The molecule has 1 fully saturated rings. The second-order valence-electron chi connectivity index (χ2n) is 5.73. The average Bonchev–Trinajstić information content (AvgIpc) is 2.29. The molecule has 0 aliphatic carbocycles. The third-order valence-electron chi connectivity index (χ3n) is 3.50. The van der Waals surface area contributed by atoms with Crippen LogP contribution in [0, 0.1) is 5.82 Å². The molecular weight excluding hydrogens is 251 g/mol. The molecule has 0 spiro atoms. The van der Waals surface area contributed by atoms with Crippen molar-refractivity contribution in [1.29, 1.82) is 0 Å². The normalized spacial score (nSPS) is 24.2. The minimum atomic E-state index is -0.289. The van der Waals surface area contributed by atoms with E-state index in [1.165, 1.54) is 0 Å². The van der Waals surface area contributed by atoms with Gasteiger partial charge in [0.25, 0.3) is 0 Å². The fourth-order valence-corrected chi connectivity index (χ4v) is 2.57. The van der Waals surface area contributed by atoms with Crippen molar-refractivity contribution in [3.05, 3.63) is 34.6 Å². The highest BCUT2D eigenvalue weighted by molar-refractivity contribution is 6.30. The van der Waals surface area contributed by atoms with E-state index in [4.69, 9.17) is 11.6 Å². The van der Waals surface area contributed by atoms with Crippen LogP contribution < -0.4 is 5.32 Å². The Kier molecular flexibility index (Phi) is 3.95. The van der Waals surface area contributed by atoms with Gasteiger partial charge in [0.15, 0.2) is 0 Å². The fraction of sp³-hybridized carbons (Fsp3) is 0.571. The monoisotopic (exact) mass is 270 g/mol.